The molecular formula is C6H7ClIN. The van der Waals surface area contributed by atoms with Gasteiger partial charge in [-0.2, -0.15) is 0 Å². The van der Waals surface area contributed by atoms with Crippen LogP contribution in [-0.4, -0.2) is 0 Å². The molecule has 0 aliphatic rings. The van der Waals surface area contributed by atoms with E-state index in [1.807, 2.05) is 6.07 Å². The lowest BCUT2D eigenvalue weighted by Gasteiger charge is -1.89. The Morgan fingerprint density at radius 3 is 2.33 bits per heavy atom. The summed E-state index contributed by atoms with van der Waals surface area (Å²) in [5.74, 6) is 0. The molecule has 2 N–H and O–H groups in total. The molecule has 0 amide bonds. The molecule has 1 rings (SSSR count). The summed E-state index contributed by atoms with van der Waals surface area (Å²) in [5.41, 5.74) is 6.08. The second-order valence-corrected chi connectivity index (χ2v) is 1.99. The van der Waals surface area contributed by atoms with Crippen LogP contribution in [-0.2, 0) is 0 Å². The van der Waals surface area contributed by atoms with Gasteiger partial charge in [0.2, 0.25) is 0 Å². The second kappa shape index (κ2) is 3.95. The molecule has 3 heteroatoms. The normalized spacial score (nSPS) is 8.11. The van der Waals surface area contributed by atoms with Crippen molar-refractivity contribution in [1.29, 1.82) is 0 Å². The molecular weight excluding hydrogens is 248 g/mol. The molecule has 1 aromatic rings. The van der Waals surface area contributed by atoms with Gasteiger partial charge < -0.3 is 5.73 Å². The Morgan fingerprint density at radius 1 is 1.33 bits per heavy atom. The summed E-state index contributed by atoms with van der Waals surface area (Å²) >= 11 is 5.56. The SMILES string of the molecule is I.Nc1cccc(Cl)c1. The second-order valence-electron chi connectivity index (χ2n) is 1.56. The van der Waals surface area contributed by atoms with Crippen LogP contribution in [0.2, 0.25) is 5.02 Å². The Labute approximate surface area is 76.2 Å². The van der Waals surface area contributed by atoms with Crippen LogP contribution in [0.15, 0.2) is 24.3 Å². The minimum atomic E-state index is 0. The summed E-state index contributed by atoms with van der Waals surface area (Å²) in [5, 5.41) is 0.685. The number of rotatable bonds is 0. The van der Waals surface area contributed by atoms with E-state index >= 15 is 0 Å². The Hall–Kier alpha value is 0.0400. The largest absolute Gasteiger partial charge is 0.399 e. The van der Waals surface area contributed by atoms with Gasteiger partial charge in [-0.25, -0.2) is 0 Å². The van der Waals surface area contributed by atoms with E-state index < -0.39 is 0 Å². The fourth-order valence-electron chi connectivity index (χ4n) is 0.507. The highest BCUT2D eigenvalue weighted by Crippen LogP contribution is 2.10. The zero-order chi connectivity index (χ0) is 5.98. The molecule has 0 atom stereocenters. The first-order valence-corrected chi connectivity index (χ1v) is 2.68. The van der Waals surface area contributed by atoms with Crippen LogP contribution in [0.3, 0.4) is 0 Å². The van der Waals surface area contributed by atoms with Gasteiger partial charge in [0.15, 0.2) is 0 Å². The lowest BCUT2D eigenvalue weighted by atomic mass is 10.3. The van der Waals surface area contributed by atoms with Crippen molar-refractivity contribution in [2.45, 2.75) is 0 Å². The average Bonchev–Trinajstić information content (AvgIpc) is 1.64. The van der Waals surface area contributed by atoms with Crippen molar-refractivity contribution < 1.29 is 0 Å². The van der Waals surface area contributed by atoms with E-state index in [4.69, 9.17) is 17.3 Å². The van der Waals surface area contributed by atoms with Crippen molar-refractivity contribution >= 4 is 41.3 Å². The van der Waals surface area contributed by atoms with E-state index in [0.29, 0.717) is 10.7 Å². The van der Waals surface area contributed by atoms with Crippen molar-refractivity contribution in [1.82, 2.24) is 0 Å². The van der Waals surface area contributed by atoms with Crippen molar-refractivity contribution in [2.75, 3.05) is 5.73 Å². The molecule has 1 aromatic carbocycles. The number of halogens is 2. The van der Waals surface area contributed by atoms with E-state index in [0.717, 1.165) is 0 Å². The Bertz CT molecular complexity index is 173. The monoisotopic (exact) mass is 255 g/mol. The van der Waals surface area contributed by atoms with Crippen LogP contribution < -0.4 is 5.73 Å². The number of anilines is 1. The predicted octanol–water partition coefficient (Wildman–Crippen LogP) is 2.54. The molecule has 0 bridgehead atoms. The molecule has 9 heavy (non-hydrogen) atoms. The standard InChI is InChI=1S/C6H6ClN.HI/c7-5-2-1-3-6(8)4-5;/h1-4H,8H2;1H. The molecule has 0 fully saturated rings. The van der Waals surface area contributed by atoms with Crippen molar-refractivity contribution in [3.8, 4) is 0 Å². The summed E-state index contributed by atoms with van der Waals surface area (Å²) in [6, 6.07) is 7.11. The van der Waals surface area contributed by atoms with Gasteiger partial charge >= 0.3 is 0 Å². The summed E-state index contributed by atoms with van der Waals surface area (Å²) in [6.45, 7) is 0. The molecule has 0 aliphatic carbocycles. The van der Waals surface area contributed by atoms with Crippen molar-refractivity contribution in [3.05, 3.63) is 29.3 Å². The maximum Gasteiger partial charge on any atom is 0.0426 e. The highest BCUT2D eigenvalue weighted by Gasteiger charge is 1.83. The Balaban J connectivity index is 0.000000640. The lowest BCUT2D eigenvalue weighted by Crippen LogP contribution is -1.80. The Kier molecular flexibility index (Phi) is 3.97. The molecule has 0 saturated heterocycles. The number of benzene rings is 1. The van der Waals surface area contributed by atoms with Crippen LogP contribution >= 0.6 is 35.6 Å². The van der Waals surface area contributed by atoms with Gasteiger partial charge in [0, 0.05) is 10.7 Å². The molecule has 0 aliphatic heterocycles. The van der Waals surface area contributed by atoms with E-state index in [-0.39, 0.29) is 24.0 Å². The van der Waals surface area contributed by atoms with Gasteiger partial charge in [0.05, 0.1) is 0 Å². The highest BCUT2D eigenvalue weighted by atomic mass is 127. The van der Waals surface area contributed by atoms with Crippen LogP contribution in [0, 0.1) is 0 Å². The average molecular weight is 255 g/mol. The first-order chi connectivity index (χ1) is 3.79. The van der Waals surface area contributed by atoms with Crippen molar-refractivity contribution in [2.24, 2.45) is 0 Å². The van der Waals surface area contributed by atoms with Gasteiger partial charge in [-0.1, -0.05) is 17.7 Å². The third-order valence-electron chi connectivity index (χ3n) is 0.849. The van der Waals surface area contributed by atoms with Gasteiger partial charge in [0.25, 0.3) is 0 Å². The quantitative estimate of drug-likeness (QED) is 0.559. The van der Waals surface area contributed by atoms with Gasteiger partial charge in [-0.3, -0.25) is 0 Å². The number of nitrogen functional groups attached to an aromatic ring is 1. The molecule has 0 saturated carbocycles. The smallest absolute Gasteiger partial charge is 0.0426 e. The lowest BCUT2D eigenvalue weighted by molar-refractivity contribution is 1.69. The Morgan fingerprint density at radius 2 is 2.00 bits per heavy atom. The number of nitrogens with two attached hydrogens (primary N) is 1. The molecule has 50 valence electrons. The first-order valence-electron chi connectivity index (χ1n) is 2.30. The topological polar surface area (TPSA) is 26.0 Å². The maximum absolute atomic E-state index is 5.56. The number of hydrogen-bond acceptors (Lipinski definition) is 1. The summed E-state index contributed by atoms with van der Waals surface area (Å²) in [7, 11) is 0. The summed E-state index contributed by atoms with van der Waals surface area (Å²) in [6.07, 6.45) is 0. The minimum Gasteiger partial charge on any atom is -0.399 e. The van der Waals surface area contributed by atoms with E-state index in [9.17, 15) is 0 Å². The summed E-state index contributed by atoms with van der Waals surface area (Å²) < 4.78 is 0. The van der Waals surface area contributed by atoms with Crippen molar-refractivity contribution in [3.63, 3.8) is 0 Å². The van der Waals surface area contributed by atoms with Gasteiger partial charge in [-0.05, 0) is 18.2 Å². The fraction of sp³-hybridized carbons (Fsp3) is 0. The third-order valence-corrected chi connectivity index (χ3v) is 1.08. The van der Waals surface area contributed by atoms with E-state index in [1.165, 1.54) is 0 Å². The van der Waals surface area contributed by atoms with Crippen LogP contribution in [0.1, 0.15) is 0 Å². The van der Waals surface area contributed by atoms with Crippen LogP contribution in [0.4, 0.5) is 5.69 Å². The maximum atomic E-state index is 5.56. The number of hydrogen-bond donors (Lipinski definition) is 1. The zero-order valence-electron chi connectivity index (χ0n) is 4.67. The fourth-order valence-corrected chi connectivity index (χ4v) is 0.705. The van der Waals surface area contributed by atoms with Gasteiger partial charge in [-0.15, -0.1) is 24.0 Å². The highest BCUT2D eigenvalue weighted by molar-refractivity contribution is 14.0. The molecule has 1 nitrogen and oxygen atoms in total. The molecule has 0 aromatic heterocycles. The molecule has 0 heterocycles. The predicted molar refractivity (Wildman–Crippen MR) is 51.3 cm³/mol. The van der Waals surface area contributed by atoms with Crippen LogP contribution in [0.5, 0.6) is 0 Å². The third kappa shape index (κ3) is 2.91. The zero-order valence-corrected chi connectivity index (χ0v) is 7.76. The molecule has 0 unspecified atom stereocenters. The minimum absolute atomic E-state index is 0. The van der Waals surface area contributed by atoms with Crippen LogP contribution in [0.25, 0.3) is 0 Å². The molecule has 0 spiro atoms. The van der Waals surface area contributed by atoms with E-state index in [1.54, 1.807) is 18.2 Å². The van der Waals surface area contributed by atoms with E-state index in [2.05, 4.69) is 0 Å². The first kappa shape index (κ1) is 9.04. The molecule has 0 radical (unpaired) electrons. The summed E-state index contributed by atoms with van der Waals surface area (Å²) in [4.78, 5) is 0. The van der Waals surface area contributed by atoms with Gasteiger partial charge in [0.1, 0.15) is 0 Å².